The molecular formula is C24H49NaO4S. The van der Waals surface area contributed by atoms with Crippen molar-refractivity contribution in [1.29, 1.82) is 0 Å². The summed E-state index contributed by atoms with van der Waals surface area (Å²) in [6.07, 6.45) is 21.6. The van der Waals surface area contributed by atoms with Crippen molar-refractivity contribution >= 4 is 10.1 Å². The molecular weight excluding hydrogens is 407 g/mol. The third-order valence-electron chi connectivity index (χ3n) is 5.97. The number of aliphatic hydroxyl groups is 1. The van der Waals surface area contributed by atoms with Gasteiger partial charge in [0, 0.05) is 5.25 Å². The molecule has 0 fully saturated rings. The van der Waals surface area contributed by atoms with Crippen molar-refractivity contribution in [1.82, 2.24) is 0 Å². The van der Waals surface area contributed by atoms with Gasteiger partial charge in [-0.25, -0.2) is 8.42 Å². The van der Waals surface area contributed by atoms with Crippen LogP contribution in [0.1, 0.15) is 142 Å². The van der Waals surface area contributed by atoms with E-state index in [1.165, 1.54) is 57.8 Å². The van der Waals surface area contributed by atoms with Crippen LogP contribution in [0.25, 0.3) is 0 Å². The van der Waals surface area contributed by atoms with Crippen molar-refractivity contribution in [3.8, 4) is 0 Å². The molecule has 30 heavy (non-hydrogen) atoms. The molecule has 0 aliphatic carbocycles. The standard InChI is InChI=1S/C24H50O4S.Na/c1-3-5-6-7-8-10-13-16-20-23(25)21-17-14-11-9-12-15-18-22-24(19-4-2)29(26,27)28;/h23-25H,3-22H2,1-2H3,(H,26,27,28);/q;+1/p-1. The van der Waals surface area contributed by atoms with E-state index in [1.807, 2.05) is 6.92 Å². The summed E-state index contributed by atoms with van der Waals surface area (Å²) >= 11 is 0. The first-order chi connectivity index (χ1) is 13.9. The van der Waals surface area contributed by atoms with Gasteiger partial charge in [-0.3, -0.25) is 0 Å². The van der Waals surface area contributed by atoms with Crippen LogP contribution in [0, 0.1) is 0 Å². The fourth-order valence-electron chi connectivity index (χ4n) is 4.05. The summed E-state index contributed by atoms with van der Waals surface area (Å²) in [5, 5.41) is 9.40. The monoisotopic (exact) mass is 456 g/mol. The van der Waals surface area contributed by atoms with Gasteiger partial charge in [-0.05, 0) is 25.7 Å². The zero-order chi connectivity index (χ0) is 21.8. The summed E-state index contributed by atoms with van der Waals surface area (Å²) in [5.41, 5.74) is 0. The number of hydrogen-bond acceptors (Lipinski definition) is 4. The summed E-state index contributed by atoms with van der Waals surface area (Å²) in [7, 11) is -4.13. The van der Waals surface area contributed by atoms with Gasteiger partial charge in [0.1, 0.15) is 0 Å². The van der Waals surface area contributed by atoms with E-state index in [-0.39, 0.29) is 35.7 Å². The van der Waals surface area contributed by atoms with Crippen molar-refractivity contribution in [2.75, 3.05) is 0 Å². The zero-order valence-corrected chi connectivity index (χ0v) is 23.2. The Morgan fingerprint density at radius 1 is 0.600 bits per heavy atom. The molecule has 0 aliphatic heterocycles. The molecule has 2 unspecified atom stereocenters. The molecule has 0 saturated heterocycles. The second-order valence-electron chi connectivity index (χ2n) is 8.87. The van der Waals surface area contributed by atoms with Gasteiger partial charge in [-0.2, -0.15) is 0 Å². The second kappa shape index (κ2) is 23.0. The molecule has 176 valence electrons. The third-order valence-corrected chi connectivity index (χ3v) is 7.26. The maximum Gasteiger partial charge on any atom is 1.00 e. The van der Waals surface area contributed by atoms with Crippen LogP contribution in [-0.2, 0) is 10.1 Å². The molecule has 0 heterocycles. The Kier molecular flexibility index (Phi) is 25.4. The topological polar surface area (TPSA) is 77.4 Å². The van der Waals surface area contributed by atoms with E-state index in [9.17, 15) is 18.1 Å². The predicted molar refractivity (Wildman–Crippen MR) is 123 cm³/mol. The maximum absolute atomic E-state index is 11.2. The number of aliphatic hydroxyl groups excluding tert-OH is 1. The minimum absolute atomic E-state index is 0. The van der Waals surface area contributed by atoms with Crippen LogP contribution in [0.3, 0.4) is 0 Å². The zero-order valence-electron chi connectivity index (χ0n) is 20.4. The van der Waals surface area contributed by atoms with Gasteiger partial charge >= 0.3 is 29.6 Å². The van der Waals surface area contributed by atoms with Crippen molar-refractivity contribution < 1.29 is 47.6 Å². The average molecular weight is 457 g/mol. The third kappa shape index (κ3) is 22.1. The molecule has 4 nitrogen and oxygen atoms in total. The predicted octanol–water partition coefficient (Wildman–Crippen LogP) is 4.11. The molecule has 1 N–H and O–H groups in total. The number of rotatable bonds is 22. The first-order valence-corrected chi connectivity index (χ1v) is 14.0. The summed E-state index contributed by atoms with van der Waals surface area (Å²) in [6.45, 7) is 4.17. The van der Waals surface area contributed by atoms with Gasteiger partial charge in [0.15, 0.2) is 0 Å². The van der Waals surface area contributed by atoms with Crippen LogP contribution in [0.5, 0.6) is 0 Å². The summed E-state index contributed by atoms with van der Waals surface area (Å²) in [5.74, 6) is 0. The Morgan fingerprint density at radius 3 is 1.33 bits per heavy atom. The molecule has 0 aromatic rings. The van der Waals surface area contributed by atoms with Crippen molar-refractivity contribution in [2.45, 2.75) is 154 Å². The minimum Gasteiger partial charge on any atom is -0.748 e. The van der Waals surface area contributed by atoms with E-state index in [2.05, 4.69) is 6.92 Å². The summed E-state index contributed by atoms with van der Waals surface area (Å²) in [4.78, 5) is 0. The summed E-state index contributed by atoms with van der Waals surface area (Å²) in [6, 6.07) is 0. The molecule has 0 saturated carbocycles. The van der Waals surface area contributed by atoms with Gasteiger partial charge in [-0.1, -0.05) is 117 Å². The van der Waals surface area contributed by atoms with Gasteiger partial charge < -0.3 is 9.66 Å². The van der Waals surface area contributed by atoms with Gasteiger partial charge in [0.05, 0.1) is 16.2 Å². The molecule has 0 bridgehead atoms. The van der Waals surface area contributed by atoms with Crippen LogP contribution in [-0.4, -0.2) is 29.4 Å². The second-order valence-corrected chi connectivity index (χ2v) is 10.5. The molecule has 0 aromatic carbocycles. The smallest absolute Gasteiger partial charge is 0.748 e. The SMILES string of the molecule is CCCCCCCCCCC(O)CCCCCCCCCC(CCC)S(=O)(=O)[O-].[Na+]. The first-order valence-electron chi connectivity index (χ1n) is 12.5. The van der Waals surface area contributed by atoms with Crippen LogP contribution in [0.15, 0.2) is 0 Å². The van der Waals surface area contributed by atoms with E-state index in [4.69, 9.17) is 0 Å². The molecule has 0 aliphatic rings. The van der Waals surface area contributed by atoms with Crippen LogP contribution < -0.4 is 29.6 Å². The van der Waals surface area contributed by atoms with E-state index >= 15 is 0 Å². The van der Waals surface area contributed by atoms with Crippen molar-refractivity contribution in [3.63, 3.8) is 0 Å². The quantitative estimate of drug-likeness (QED) is 0.151. The first kappa shape index (κ1) is 33.0. The van der Waals surface area contributed by atoms with E-state index < -0.39 is 15.4 Å². The number of unbranched alkanes of at least 4 members (excludes halogenated alkanes) is 13. The van der Waals surface area contributed by atoms with Crippen molar-refractivity contribution in [3.05, 3.63) is 0 Å². The maximum atomic E-state index is 11.2. The fraction of sp³-hybridized carbons (Fsp3) is 1.00. The normalized spacial score (nSPS) is 13.7. The van der Waals surface area contributed by atoms with Gasteiger partial charge in [-0.15, -0.1) is 0 Å². The minimum atomic E-state index is -4.13. The summed E-state index contributed by atoms with van der Waals surface area (Å²) < 4.78 is 33.6. The Bertz CT molecular complexity index is 442. The fourth-order valence-corrected chi connectivity index (χ4v) is 5.03. The van der Waals surface area contributed by atoms with E-state index in [0.717, 1.165) is 57.8 Å². The van der Waals surface area contributed by atoms with Crippen LogP contribution in [0.4, 0.5) is 0 Å². The molecule has 2 atom stereocenters. The van der Waals surface area contributed by atoms with Gasteiger partial charge in [0.2, 0.25) is 0 Å². The molecule has 6 heteroatoms. The molecule has 0 radical (unpaired) electrons. The number of hydrogen-bond donors (Lipinski definition) is 1. The molecule has 0 spiro atoms. The average Bonchev–Trinajstić information content (AvgIpc) is 2.67. The van der Waals surface area contributed by atoms with Crippen LogP contribution >= 0.6 is 0 Å². The Hall–Kier alpha value is 0.870. The molecule has 0 rings (SSSR count). The van der Waals surface area contributed by atoms with Crippen LogP contribution in [0.2, 0.25) is 0 Å². The Morgan fingerprint density at radius 2 is 0.967 bits per heavy atom. The van der Waals surface area contributed by atoms with Crippen molar-refractivity contribution in [2.24, 2.45) is 0 Å². The Labute approximate surface area is 210 Å². The van der Waals surface area contributed by atoms with E-state index in [0.29, 0.717) is 12.8 Å². The van der Waals surface area contributed by atoms with E-state index in [1.54, 1.807) is 0 Å². The van der Waals surface area contributed by atoms with Gasteiger partial charge in [0.25, 0.3) is 0 Å². The molecule has 0 aromatic heterocycles. The Balaban J connectivity index is 0. The molecule has 0 amide bonds. The largest absolute Gasteiger partial charge is 1.00 e.